The summed E-state index contributed by atoms with van der Waals surface area (Å²) in [6.45, 7) is 0. The van der Waals surface area contributed by atoms with Gasteiger partial charge in [-0.25, -0.2) is 9.97 Å². The van der Waals surface area contributed by atoms with Gasteiger partial charge in [-0.2, -0.15) is 0 Å². The second kappa shape index (κ2) is 12.2. The Hall–Kier alpha value is -7.23. The quantitative estimate of drug-likeness (QED) is 0.169. The van der Waals surface area contributed by atoms with Crippen molar-refractivity contribution in [2.75, 3.05) is 0 Å². The molecule has 9 aromatic carbocycles. The molecular weight excluding hydrogens is 655 g/mol. The highest BCUT2D eigenvalue weighted by Gasteiger charge is 2.17. The highest BCUT2D eigenvalue weighted by molar-refractivity contribution is 6.25. The van der Waals surface area contributed by atoms with Crippen LogP contribution in [0.5, 0.6) is 0 Å². The van der Waals surface area contributed by atoms with E-state index in [0.29, 0.717) is 5.82 Å². The van der Waals surface area contributed by atoms with Crippen LogP contribution in [0.4, 0.5) is 0 Å². The van der Waals surface area contributed by atoms with Gasteiger partial charge >= 0.3 is 0 Å². The Morgan fingerprint density at radius 2 is 0.944 bits per heavy atom. The predicted molar refractivity (Wildman–Crippen MR) is 226 cm³/mol. The van der Waals surface area contributed by atoms with E-state index < -0.39 is 0 Å². The van der Waals surface area contributed by atoms with Gasteiger partial charge in [0.25, 0.3) is 0 Å². The van der Waals surface area contributed by atoms with Crippen molar-refractivity contribution in [2.24, 2.45) is 0 Å². The van der Waals surface area contributed by atoms with Crippen LogP contribution in [0.15, 0.2) is 188 Å². The molecule has 11 aromatic rings. The lowest BCUT2D eigenvalue weighted by Gasteiger charge is -2.15. The number of hydrogen-bond donors (Lipinski definition) is 0. The molecule has 11 rings (SSSR count). The first-order chi connectivity index (χ1) is 26.7. The predicted octanol–water partition coefficient (Wildman–Crippen LogP) is 13.4. The zero-order valence-electron chi connectivity index (χ0n) is 29.2. The molecule has 2 aromatic heterocycles. The summed E-state index contributed by atoms with van der Waals surface area (Å²) in [6.07, 6.45) is 3.70. The third kappa shape index (κ3) is 4.94. The van der Waals surface area contributed by atoms with Crippen LogP contribution in [-0.2, 0) is 0 Å². The van der Waals surface area contributed by atoms with E-state index in [1.54, 1.807) is 6.20 Å². The normalized spacial score (nSPS) is 11.7. The van der Waals surface area contributed by atoms with Crippen molar-refractivity contribution in [1.29, 1.82) is 0 Å². The molecule has 0 fully saturated rings. The lowest BCUT2D eigenvalue weighted by molar-refractivity contribution is 1.19. The van der Waals surface area contributed by atoms with Gasteiger partial charge in [0.1, 0.15) is 0 Å². The Bertz CT molecular complexity index is 3170. The molecule has 0 amide bonds. The van der Waals surface area contributed by atoms with E-state index in [2.05, 4.69) is 175 Å². The smallest absolute Gasteiger partial charge is 0.160 e. The van der Waals surface area contributed by atoms with Crippen LogP contribution in [-0.4, -0.2) is 15.0 Å². The van der Waals surface area contributed by atoms with Crippen molar-refractivity contribution in [3.05, 3.63) is 188 Å². The van der Waals surface area contributed by atoms with Gasteiger partial charge in [0.05, 0.1) is 11.4 Å². The maximum Gasteiger partial charge on any atom is 0.160 e. The Balaban J connectivity index is 1.08. The fraction of sp³-hybridized carbons (Fsp3) is 0. The third-order valence-electron chi connectivity index (χ3n) is 10.9. The number of fused-ring (bicyclic) bond motifs is 3. The molecule has 54 heavy (non-hydrogen) atoms. The maximum absolute atomic E-state index is 5.32. The molecule has 0 saturated carbocycles. The molecule has 0 spiro atoms. The van der Waals surface area contributed by atoms with Crippen LogP contribution >= 0.6 is 0 Å². The summed E-state index contributed by atoms with van der Waals surface area (Å²) >= 11 is 0. The number of nitrogens with zero attached hydrogens (tertiary/aromatic N) is 3. The van der Waals surface area contributed by atoms with Crippen molar-refractivity contribution in [1.82, 2.24) is 15.0 Å². The Morgan fingerprint density at radius 3 is 1.74 bits per heavy atom. The molecule has 0 N–H and O–H groups in total. The zero-order chi connectivity index (χ0) is 35.6. The first-order valence-corrected chi connectivity index (χ1v) is 18.3. The number of hydrogen-bond acceptors (Lipinski definition) is 3. The molecule has 3 nitrogen and oxygen atoms in total. The van der Waals surface area contributed by atoms with Crippen LogP contribution in [0.3, 0.4) is 0 Å². The summed E-state index contributed by atoms with van der Waals surface area (Å²) in [7, 11) is 0. The fourth-order valence-corrected chi connectivity index (χ4v) is 8.28. The number of aromatic nitrogens is 3. The number of pyridine rings is 1. The molecule has 0 radical (unpaired) electrons. The first kappa shape index (κ1) is 30.4. The maximum atomic E-state index is 5.32. The van der Waals surface area contributed by atoms with Crippen molar-refractivity contribution in [2.45, 2.75) is 0 Å². The minimum atomic E-state index is 0.694. The van der Waals surface area contributed by atoms with Crippen LogP contribution in [0, 0.1) is 0 Å². The highest BCUT2D eigenvalue weighted by atomic mass is 14.9. The van der Waals surface area contributed by atoms with Crippen LogP contribution in [0.25, 0.3) is 110 Å². The van der Waals surface area contributed by atoms with Gasteiger partial charge in [-0.1, -0.05) is 158 Å². The molecule has 0 bridgehead atoms. The molecule has 0 saturated heterocycles. The van der Waals surface area contributed by atoms with Crippen LogP contribution < -0.4 is 0 Å². The van der Waals surface area contributed by atoms with Crippen molar-refractivity contribution in [3.63, 3.8) is 0 Å². The Kier molecular flexibility index (Phi) is 6.86. The molecule has 2 heterocycles. The van der Waals surface area contributed by atoms with Crippen molar-refractivity contribution in [3.8, 4) is 56.2 Å². The van der Waals surface area contributed by atoms with E-state index in [9.17, 15) is 0 Å². The number of rotatable bonds is 5. The largest absolute Gasteiger partial charge is 0.264 e. The molecule has 0 atom stereocenters. The summed E-state index contributed by atoms with van der Waals surface area (Å²) in [5.74, 6) is 0.694. The highest BCUT2D eigenvalue weighted by Crippen LogP contribution is 2.41. The Morgan fingerprint density at radius 1 is 0.315 bits per heavy atom. The average molecular weight is 686 g/mol. The van der Waals surface area contributed by atoms with Gasteiger partial charge in [0.15, 0.2) is 5.82 Å². The first-order valence-electron chi connectivity index (χ1n) is 18.3. The average Bonchev–Trinajstić information content (AvgIpc) is 3.25. The molecule has 0 aliphatic carbocycles. The molecule has 0 aliphatic rings. The summed E-state index contributed by atoms with van der Waals surface area (Å²) < 4.78 is 0. The number of benzene rings is 9. The van der Waals surface area contributed by atoms with Gasteiger partial charge in [-0.3, -0.25) is 4.98 Å². The summed E-state index contributed by atoms with van der Waals surface area (Å²) in [5, 5.41) is 12.5. The topological polar surface area (TPSA) is 38.7 Å². The molecule has 3 heteroatoms. The standard InChI is InChI=1S/C51H31N3/c1-2-11-41-39(7-1)29-46(43-13-4-3-12-42(41)43)33-16-22-38(23-17-33)51-53-47(34-18-14-32(15-19-34)40-10-6-28-52-31-40)30-48(54-51)44-26-24-37-21-20-35-8-5-9-36-25-27-45(44)50(37)49(35)36/h1-31H. The fourth-order valence-electron chi connectivity index (χ4n) is 8.28. The van der Waals surface area contributed by atoms with Crippen LogP contribution in [0.2, 0.25) is 0 Å². The Labute approximate surface area is 312 Å². The van der Waals surface area contributed by atoms with Gasteiger partial charge < -0.3 is 0 Å². The zero-order valence-corrected chi connectivity index (χ0v) is 29.2. The second-order valence-electron chi connectivity index (χ2n) is 14.0. The van der Waals surface area contributed by atoms with Gasteiger partial charge in [0, 0.05) is 29.1 Å². The van der Waals surface area contributed by atoms with Crippen molar-refractivity contribution < 1.29 is 0 Å². The second-order valence-corrected chi connectivity index (χ2v) is 14.0. The van der Waals surface area contributed by atoms with E-state index in [0.717, 1.165) is 44.8 Å². The van der Waals surface area contributed by atoms with Gasteiger partial charge in [0.2, 0.25) is 0 Å². The molecule has 250 valence electrons. The van der Waals surface area contributed by atoms with E-state index in [-0.39, 0.29) is 0 Å². The molecular formula is C51H31N3. The summed E-state index contributed by atoms with van der Waals surface area (Å²) in [6, 6.07) is 63.1. The molecule has 0 aliphatic heterocycles. The SMILES string of the molecule is c1cncc(-c2ccc(-c3cc(-c4ccc5ccc6cccc7ccc4c5c67)nc(-c4ccc(-c5cc6ccccc6c6ccccc56)cc4)n3)cc2)c1. The minimum absolute atomic E-state index is 0.694. The lowest BCUT2D eigenvalue weighted by atomic mass is 9.91. The summed E-state index contributed by atoms with van der Waals surface area (Å²) in [5.41, 5.74) is 9.45. The van der Waals surface area contributed by atoms with Crippen molar-refractivity contribution >= 4 is 53.9 Å². The minimum Gasteiger partial charge on any atom is -0.264 e. The van der Waals surface area contributed by atoms with Crippen LogP contribution in [0.1, 0.15) is 0 Å². The summed E-state index contributed by atoms with van der Waals surface area (Å²) in [4.78, 5) is 14.9. The lowest BCUT2D eigenvalue weighted by Crippen LogP contribution is -1.97. The monoisotopic (exact) mass is 685 g/mol. The van der Waals surface area contributed by atoms with Gasteiger partial charge in [-0.05, 0) is 94.3 Å². The third-order valence-corrected chi connectivity index (χ3v) is 10.9. The van der Waals surface area contributed by atoms with E-state index >= 15 is 0 Å². The van der Waals surface area contributed by atoms with E-state index in [1.807, 2.05) is 12.3 Å². The van der Waals surface area contributed by atoms with Gasteiger partial charge in [-0.15, -0.1) is 0 Å². The molecule has 0 unspecified atom stereocenters. The van der Waals surface area contributed by atoms with E-state index in [1.165, 1.54) is 59.4 Å². The van der Waals surface area contributed by atoms with E-state index in [4.69, 9.17) is 9.97 Å².